The molecule has 1 atom stereocenters. The van der Waals surface area contributed by atoms with Gasteiger partial charge in [0.2, 0.25) is 0 Å². The molecule has 0 bridgehead atoms. The van der Waals surface area contributed by atoms with E-state index in [1.165, 1.54) is 6.07 Å². The molecular formula is C23H25NO5. The zero-order chi connectivity index (χ0) is 20.8. The van der Waals surface area contributed by atoms with Crippen molar-refractivity contribution in [1.29, 1.82) is 0 Å². The van der Waals surface area contributed by atoms with Crippen molar-refractivity contribution in [2.45, 2.75) is 38.8 Å². The molecule has 1 saturated carbocycles. The van der Waals surface area contributed by atoms with E-state index in [0.717, 1.165) is 12.8 Å². The number of hydrogen-bond acceptors (Lipinski definition) is 5. The van der Waals surface area contributed by atoms with Gasteiger partial charge in [-0.1, -0.05) is 36.4 Å². The number of carbonyl (C=O) groups excluding carboxylic acids is 2. The summed E-state index contributed by atoms with van der Waals surface area (Å²) in [4.78, 5) is 25.0. The number of amides is 1. The van der Waals surface area contributed by atoms with E-state index in [-0.39, 0.29) is 17.7 Å². The van der Waals surface area contributed by atoms with Gasteiger partial charge in [0.1, 0.15) is 0 Å². The summed E-state index contributed by atoms with van der Waals surface area (Å²) in [5.74, 6) is -0.533. The molecule has 0 aromatic heterocycles. The first kappa shape index (κ1) is 20.5. The smallest absolute Gasteiger partial charge is 0.339 e. The number of carbonyl (C=O) groups is 2. The van der Waals surface area contributed by atoms with Crippen LogP contribution in [0.5, 0.6) is 11.5 Å². The highest BCUT2D eigenvalue weighted by molar-refractivity contribution is 6.22. The van der Waals surface area contributed by atoms with Gasteiger partial charge in [-0.25, -0.2) is 4.79 Å². The number of ether oxygens (including phenoxy) is 2. The highest BCUT2D eigenvalue weighted by atomic mass is 16.5. The van der Waals surface area contributed by atoms with Crippen molar-refractivity contribution < 1.29 is 24.2 Å². The minimum atomic E-state index is -0.894. The van der Waals surface area contributed by atoms with E-state index in [4.69, 9.17) is 9.47 Å². The molecule has 152 valence electrons. The Bertz CT molecular complexity index is 903. The molecule has 2 N–H and O–H groups in total. The molecule has 1 aliphatic rings. The van der Waals surface area contributed by atoms with E-state index in [9.17, 15) is 14.7 Å². The van der Waals surface area contributed by atoms with Crippen LogP contribution in [0, 0.1) is 0 Å². The maximum atomic E-state index is 12.9. The average molecular weight is 395 g/mol. The van der Waals surface area contributed by atoms with Crippen LogP contribution in [-0.4, -0.2) is 35.7 Å². The lowest BCUT2D eigenvalue weighted by molar-refractivity contribution is -0.149. The minimum Gasteiger partial charge on any atom is -0.504 e. The molecular weight excluding hydrogens is 370 g/mol. The molecule has 2 aromatic rings. The largest absolute Gasteiger partial charge is 0.504 e. The van der Waals surface area contributed by atoms with Crippen LogP contribution < -0.4 is 10.1 Å². The molecule has 6 heteroatoms. The van der Waals surface area contributed by atoms with Crippen LogP contribution in [0.2, 0.25) is 0 Å². The van der Waals surface area contributed by atoms with E-state index >= 15 is 0 Å². The Hall–Kier alpha value is -3.28. The van der Waals surface area contributed by atoms with Gasteiger partial charge in [0.15, 0.2) is 17.6 Å². The topological polar surface area (TPSA) is 84.9 Å². The molecule has 0 saturated heterocycles. The summed E-state index contributed by atoms with van der Waals surface area (Å²) in [5.41, 5.74) is 1.64. The third kappa shape index (κ3) is 5.60. The Morgan fingerprint density at radius 1 is 1.21 bits per heavy atom. The molecule has 0 spiro atoms. The number of nitrogens with one attached hydrogen (secondary N) is 1. The molecule has 2 aromatic carbocycles. The van der Waals surface area contributed by atoms with Gasteiger partial charge in [0.25, 0.3) is 5.91 Å². The number of phenolic OH excluding ortho intramolecular Hbond substituents is 1. The van der Waals surface area contributed by atoms with Crippen molar-refractivity contribution in [2.24, 2.45) is 0 Å². The standard InChI is InChI=1S/C23H25NO5/c1-3-28-21-14-16(9-12-20(21)25)13-19(17-7-5-4-6-8-17)23(27)29-15(2)22(26)24-18-10-11-18/h4-9,12-15,18,25H,3,10-11H2,1-2H3,(H,24,26)/b19-13+/t15-/m1/s1. The molecule has 1 aliphatic carbocycles. The first-order valence-corrected chi connectivity index (χ1v) is 9.72. The van der Waals surface area contributed by atoms with Gasteiger partial charge in [0, 0.05) is 6.04 Å². The molecule has 0 heterocycles. The fourth-order valence-corrected chi connectivity index (χ4v) is 2.76. The molecule has 0 radical (unpaired) electrons. The third-order valence-electron chi connectivity index (χ3n) is 4.48. The maximum Gasteiger partial charge on any atom is 0.339 e. The summed E-state index contributed by atoms with van der Waals surface area (Å²) in [7, 11) is 0. The lowest BCUT2D eigenvalue weighted by Gasteiger charge is -2.15. The van der Waals surface area contributed by atoms with Crippen molar-refractivity contribution in [3.05, 3.63) is 59.7 Å². The van der Waals surface area contributed by atoms with Crippen LogP contribution in [0.1, 0.15) is 37.8 Å². The fraction of sp³-hybridized carbons (Fsp3) is 0.304. The third-order valence-corrected chi connectivity index (χ3v) is 4.48. The lowest BCUT2D eigenvalue weighted by Crippen LogP contribution is -2.37. The second kappa shape index (κ2) is 9.28. The van der Waals surface area contributed by atoms with Crippen LogP contribution in [0.25, 0.3) is 11.6 Å². The van der Waals surface area contributed by atoms with Crippen LogP contribution in [0.4, 0.5) is 0 Å². The van der Waals surface area contributed by atoms with Crippen LogP contribution in [0.15, 0.2) is 48.5 Å². The first-order chi connectivity index (χ1) is 14.0. The van der Waals surface area contributed by atoms with Gasteiger partial charge < -0.3 is 19.9 Å². The van der Waals surface area contributed by atoms with Crippen LogP contribution >= 0.6 is 0 Å². The predicted octanol–water partition coefficient (Wildman–Crippen LogP) is 3.54. The van der Waals surface area contributed by atoms with Crippen LogP contribution in [0.3, 0.4) is 0 Å². The second-order valence-electron chi connectivity index (χ2n) is 6.91. The summed E-state index contributed by atoms with van der Waals surface area (Å²) >= 11 is 0. The first-order valence-electron chi connectivity index (χ1n) is 9.72. The molecule has 0 aliphatic heterocycles. The Labute approximate surface area is 170 Å². The second-order valence-corrected chi connectivity index (χ2v) is 6.91. The number of aromatic hydroxyl groups is 1. The summed E-state index contributed by atoms with van der Waals surface area (Å²) < 4.78 is 10.8. The summed E-state index contributed by atoms with van der Waals surface area (Å²) in [5, 5.41) is 12.7. The highest BCUT2D eigenvalue weighted by Gasteiger charge is 2.28. The predicted molar refractivity (Wildman–Crippen MR) is 110 cm³/mol. The Morgan fingerprint density at radius 3 is 2.59 bits per heavy atom. The Balaban J connectivity index is 1.86. The number of phenols is 1. The number of esters is 1. The SMILES string of the molecule is CCOc1cc(/C=C(/C(=O)O[C@H](C)C(=O)NC2CC2)c2ccccc2)ccc1O. The zero-order valence-corrected chi connectivity index (χ0v) is 16.6. The Morgan fingerprint density at radius 2 is 1.93 bits per heavy atom. The van der Waals surface area contributed by atoms with Crippen molar-refractivity contribution in [2.75, 3.05) is 6.61 Å². The van der Waals surface area contributed by atoms with Crippen molar-refractivity contribution in [3.63, 3.8) is 0 Å². The Kier molecular flexibility index (Phi) is 6.54. The molecule has 1 fully saturated rings. The van der Waals surface area contributed by atoms with Gasteiger partial charge in [0.05, 0.1) is 12.2 Å². The molecule has 1 amide bonds. The van der Waals surface area contributed by atoms with Gasteiger partial charge in [-0.3, -0.25) is 4.79 Å². The number of benzene rings is 2. The molecule has 6 nitrogen and oxygen atoms in total. The van der Waals surface area contributed by atoms with Crippen LogP contribution in [-0.2, 0) is 14.3 Å². The van der Waals surface area contributed by atoms with Gasteiger partial charge in [-0.2, -0.15) is 0 Å². The van der Waals surface area contributed by atoms with Gasteiger partial charge >= 0.3 is 5.97 Å². The van der Waals surface area contributed by atoms with E-state index in [1.807, 2.05) is 25.1 Å². The fourth-order valence-electron chi connectivity index (χ4n) is 2.76. The van der Waals surface area contributed by atoms with Crippen molar-refractivity contribution in [3.8, 4) is 11.5 Å². The number of rotatable bonds is 8. The summed E-state index contributed by atoms with van der Waals surface area (Å²) in [6.45, 7) is 3.79. The molecule has 3 rings (SSSR count). The lowest BCUT2D eigenvalue weighted by atomic mass is 10.0. The quantitative estimate of drug-likeness (QED) is 0.406. The summed E-state index contributed by atoms with van der Waals surface area (Å²) in [6.07, 6.45) is 2.69. The monoisotopic (exact) mass is 395 g/mol. The van der Waals surface area contributed by atoms with Crippen molar-refractivity contribution in [1.82, 2.24) is 5.32 Å². The highest BCUT2D eigenvalue weighted by Crippen LogP contribution is 2.29. The number of hydrogen-bond donors (Lipinski definition) is 2. The van der Waals surface area contributed by atoms with Gasteiger partial charge in [-0.05, 0) is 56.0 Å². The average Bonchev–Trinajstić information content (AvgIpc) is 3.53. The zero-order valence-electron chi connectivity index (χ0n) is 16.6. The van der Waals surface area contributed by atoms with Gasteiger partial charge in [-0.15, -0.1) is 0 Å². The van der Waals surface area contributed by atoms with E-state index in [1.54, 1.807) is 37.3 Å². The van der Waals surface area contributed by atoms with E-state index in [0.29, 0.717) is 29.1 Å². The van der Waals surface area contributed by atoms with E-state index < -0.39 is 12.1 Å². The molecule has 0 unspecified atom stereocenters. The minimum absolute atomic E-state index is 0.0261. The molecule has 29 heavy (non-hydrogen) atoms. The maximum absolute atomic E-state index is 12.9. The normalized spacial score (nSPS) is 14.8. The van der Waals surface area contributed by atoms with E-state index in [2.05, 4.69) is 5.32 Å². The summed E-state index contributed by atoms with van der Waals surface area (Å²) in [6, 6.07) is 14.1. The van der Waals surface area contributed by atoms with Crippen molar-refractivity contribution >= 4 is 23.5 Å².